The molecular weight excluding hydrogens is 428 g/mol. The first-order valence-corrected chi connectivity index (χ1v) is 9.19. The number of aromatic nitrogens is 1. The summed E-state index contributed by atoms with van der Waals surface area (Å²) in [6.45, 7) is 0. The number of sulfone groups is 1. The molecular formula is C16H11F6N3O3S. The molecule has 1 aromatic carbocycles. The van der Waals surface area contributed by atoms with Gasteiger partial charge in [0.2, 0.25) is 9.84 Å². The highest BCUT2D eigenvalue weighted by atomic mass is 32.2. The number of hydrogen-bond acceptors (Lipinski definition) is 5. The Morgan fingerprint density at radius 3 is 2.24 bits per heavy atom. The van der Waals surface area contributed by atoms with Gasteiger partial charge in [0.05, 0.1) is 17.3 Å². The minimum Gasteiger partial charge on any atom is -0.272 e. The first-order chi connectivity index (χ1) is 13.3. The summed E-state index contributed by atoms with van der Waals surface area (Å²) >= 11 is 0. The Balaban J connectivity index is 2.02. The average Bonchev–Trinajstić information content (AvgIpc) is 2.60. The van der Waals surface area contributed by atoms with E-state index in [4.69, 9.17) is 0 Å². The van der Waals surface area contributed by atoms with Crippen LogP contribution in [0.5, 0.6) is 0 Å². The van der Waals surface area contributed by atoms with Crippen LogP contribution in [0.25, 0.3) is 0 Å². The SMILES string of the molecule is O=C(CS(=O)(=O)c1ccc(C(F)(F)F)cn1)NN=Cc1cccc(C(F)(F)F)c1. The molecule has 0 fully saturated rings. The number of rotatable bonds is 5. The summed E-state index contributed by atoms with van der Waals surface area (Å²) in [4.78, 5) is 14.9. The lowest BCUT2D eigenvalue weighted by Crippen LogP contribution is -2.27. The van der Waals surface area contributed by atoms with Crippen molar-refractivity contribution in [1.29, 1.82) is 0 Å². The average molecular weight is 439 g/mol. The Labute approximate surface area is 160 Å². The van der Waals surface area contributed by atoms with Crippen LogP contribution in [0.3, 0.4) is 0 Å². The van der Waals surface area contributed by atoms with Crippen molar-refractivity contribution in [2.24, 2.45) is 5.10 Å². The standard InChI is InChI=1S/C16H11F6N3O3S/c17-15(18,19)11-3-1-2-10(6-11)7-24-25-13(26)9-29(27,28)14-5-4-12(8-23-14)16(20,21)22/h1-8H,9H2,(H,25,26). The third-order valence-electron chi connectivity index (χ3n) is 3.32. The summed E-state index contributed by atoms with van der Waals surface area (Å²) < 4.78 is 99.2. The van der Waals surface area contributed by atoms with E-state index in [0.717, 1.165) is 24.4 Å². The number of carbonyl (C=O) groups excluding carboxylic acids is 1. The zero-order valence-electron chi connectivity index (χ0n) is 14.1. The Bertz CT molecular complexity index is 1020. The van der Waals surface area contributed by atoms with E-state index in [0.29, 0.717) is 18.3 Å². The van der Waals surface area contributed by atoms with Gasteiger partial charge in [-0.25, -0.2) is 18.8 Å². The normalized spacial score (nSPS) is 12.9. The highest BCUT2D eigenvalue weighted by molar-refractivity contribution is 7.92. The van der Waals surface area contributed by atoms with E-state index < -0.39 is 50.0 Å². The monoisotopic (exact) mass is 439 g/mol. The lowest BCUT2D eigenvalue weighted by atomic mass is 10.1. The Morgan fingerprint density at radius 1 is 1.03 bits per heavy atom. The molecule has 0 radical (unpaired) electrons. The molecule has 0 atom stereocenters. The molecule has 0 spiro atoms. The molecule has 13 heteroatoms. The molecule has 29 heavy (non-hydrogen) atoms. The fourth-order valence-corrected chi connectivity index (χ4v) is 3.03. The van der Waals surface area contributed by atoms with Crippen LogP contribution < -0.4 is 5.43 Å². The van der Waals surface area contributed by atoms with Crippen molar-refractivity contribution in [1.82, 2.24) is 10.4 Å². The van der Waals surface area contributed by atoms with E-state index >= 15 is 0 Å². The van der Waals surface area contributed by atoms with E-state index in [2.05, 4.69) is 10.1 Å². The zero-order chi connectivity index (χ0) is 21.9. The molecule has 0 bridgehead atoms. The second kappa shape index (κ2) is 8.19. The van der Waals surface area contributed by atoms with Gasteiger partial charge in [-0.3, -0.25) is 4.79 Å². The molecule has 1 amide bonds. The molecule has 1 heterocycles. The van der Waals surface area contributed by atoms with Crippen molar-refractivity contribution in [3.05, 3.63) is 59.3 Å². The topological polar surface area (TPSA) is 88.5 Å². The highest BCUT2D eigenvalue weighted by Gasteiger charge is 2.32. The molecule has 6 nitrogen and oxygen atoms in total. The molecule has 0 aliphatic carbocycles. The van der Waals surface area contributed by atoms with Crippen LogP contribution in [0.1, 0.15) is 16.7 Å². The van der Waals surface area contributed by atoms with Gasteiger partial charge in [0, 0.05) is 6.20 Å². The smallest absolute Gasteiger partial charge is 0.272 e. The van der Waals surface area contributed by atoms with Crippen molar-refractivity contribution < 1.29 is 39.6 Å². The van der Waals surface area contributed by atoms with Crippen LogP contribution in [0.4, 0.5) is 26.3 Å². The summed E-state index contributed by atoms with van der Waals surface area (Å²) in [6, 6.07) is 5.10. The van der Waals surface area contributed by atoms with Crippen molar-refractivity contribution in [2.75, 3.05) is 5.75 Å². The van der Waals surface area contributed by atoms with Gasteiger partial charge in [-0.2, -0.15) is 31.4 Å². The number of halogens is 6. The van der Waals surface area contributed by atoms with Gasteiger partial charge < -0.3 is 0 Å². The first kappa shape index (κ1) is 22.3. The molecule has 2 aromatic rings. The molecule has 0 aliphatic heterocycles. The first-order valence-electron chi connectivity index (χ1n) is 7.54. The second-order valence-electron chi connectivity index (χ2n) is 5.56. The van der Waals surface area contributed by atoms with Crippen LogP contribution in [0, 0.1) is 0 Å². The van der Waals surface area contributed by atoms with Crippen molar-refractivity contribution in [3.63, 3.8) is 0 Å². The number of hydrogen-bond donors (Lipinski definition) is 1. The summed E-state index contributed by atoms with van der Waals surface area (Å²) in [7, 11) is -4.36. The van der Waals surface area contributed by atoms with E-state index in [1.165, 1.54) is 6.07 Å². The number of amides is 1. The third kappa shape index (κ3) is 6.27. The largest absolute Gasteiger partial charge is 0.417 e. The number of nitrogens with one attached hydrogen (secondary N) is 1. The number of pyridine rings is 1. The lowest BCUT2D eigenvalue weighted by molar-refractivity contribution is -0.138. The molecule has 156 valence electrons. The van der Waals surface area contributed by atoms with E-state index in [-0.39, 0.29) is 5.56 Å². The number of carbonyl (C=O) groups is 1. The fraction of sp³-hybridized carbons (Fsp3) is 0.188. The zero-order valence-corrected chi connectivity index (χ0v) is 14.9. The summed E-state index contributed by atoms with van der Waals surface area (Å²) in [5, 5.41) is 2.62. The van der Waals surface area contributed by atoms with Crippen LogP contribution in [0.15, 0.2) is 52.7 Å². The maximum Gasteiger partial charge on any atom is 0.417 e. The maximum atomic E-state index is 12.6. The minimum atomic E-state index is -4.70. The number of alkyl halides is 6. The van der Waals surface area contributed by atoms with Crippen molar-refractivity contribution in [3.8, 4) is 0 Å². The predicted octanol–water partition coefficient (Wildman–Crippen LogP) is 3.04. The Hall–Kier alpha value is -2.96. The fourth-order valence-electron chi connectivity index (χ4n) is 1.98. The van der Waals surface area contributed by atoms with Gasteiger partial charge >= 0.3 is 12.4 Å². The molecule has 2 rings (SSSR count). The number of benzene rings is 1. The van der Waals surface area contributed by atoms with Crippen LogP contribution in [-0.2, 0) is 27.0 Å². The molecule has 0 saturated heterocycles. The van der Waals surface area contributed by atoms with Crippen molar-refractivity contribution in [2.45, 2.75) is 17.4 Å². The minimum absolute atomic E-state index is 0.00705. The molecule has 0 saturated carbocycles. The number of hydrazone groups is 1. The van der Waals surface area contributed by atoms with Crippen molar-refractivity contribution >= 4 is 22.0 Å². The quantitative estimate of drug-likeness (QED) is 0.441. The molecule has 0 aliphatic rings. The molecule has 0 unspecified atom stereocenters. The van der Waals surface area contributed by atoms with Crippen LogP contribution in [0.2, 0.25) is 0 Å². The predicted molar refractivity (Wildman–Crippen MR) is 88.5 cm³/mol. The Morgan fingerprint density at radius 2 is 1.69 bits per heavy atom. The van der Waals surface area contributed by atoms with Gasteiger partial charge in [-0.1, -0.05) is 12.1 Å². The molecule has 1 aromatic heterocycles. The van der Waals surface area contributed by atoms with Crippen LogP contribution in [-0.4, -0.2) is 31.3 Å². The summed E-state index contributed by atoms with van der Waals surface area (Å²) in [5.41, 5.74) is -0.295. The Kier molecular flexibility index (Phi) is 6.30. The van der Waals surface area contributed by atoms with Gasteiger partial charge in [0.15, 0.2) is 5.03 Å². The van der Waals surface area contributed by atoms with Gasteiger partial charge in [0.1, 0.15) is 5.75 Å². The summed E-state index contributed by atoms with van der Waals surface area (Å²) in [6.07, 6.45) is -8.09. The molecule has 1 N–H and O–H groups in total. The van der Waals surface area contributed by atoms with Crippen LogP contribution >= 0.6 is 0 Å². The van der Waals surface area contributed by atoms with Gasteiger partial charge in [-0.15, -0.1) is 0 Å². The third-order valence-corrected chi connectivity index (χ3v) is 4.84. The number of nitrogens with zero attached hydrogens (tertiary/aromatic N) is 2. The van der Waals surface area contributed by atoms with E-state index in [1.807, 2.05) is 5.43 Å². The lowest BCUT2D eigenvalue weighted by Gasteiger charge is -2.07. The second-order valence-corrected chi connectivity index (χ2v) is 7.49. The summed E-state index contributed by atoms with van der Waals surface area (Å²) in [5.74, 6) is -2.33. The van der Waals surface area contributed by atoms with Gasteiger partial charge in [0.25, 0.3) is 5.91 Å². The van der Waals surface area contributed by atoms with E-state index in [9.17, 15) is 39.6 Å². The maximum absolute atomic E-state index is 12.6. The highest BCUT2D eigenvalue weighted by Crippen LogP contribution is 2.29. The van der Waals surface area contributed by atoms with Gasteiger partial charge in [-0.05, 0) is 29.8 Å². The van der Waals surface area contributed by atoms with E-state index in [1.54, 1.807) is 0 Å².